The molecule has 0 aliphatic carbocycles. The average molecular weight is 341 g/mol. The fourth-order valence-electron chi connectivity index (χ4n) is 2.46. The van der Waals surface area contributed by atoms with E-state index in [0.29, 0.717) is 10.9 Å². The first-order valence-corrected chi connectivity index (χ1v) is 8.54. The van der Waals surface area contributed by atoms with Gasteiger partial charge in [-0.05, 0) is 39.0 Å². The van der Waals surface area contributed by atoms with Gasteiger partial charge in [-0.2, -0.15) is 4.98 Å². The Morgan fingerprint density at radius 1 is 1.21 bits per heavy atom. The minimum absolute atomic E-state index is 0.00548. The Morgan fingerprint density at radius 3 is 2.62 bits per heavy atom. The molecule has 0 unspecified atom stereocenters. The second-order valence-corrected chi connectivity index (χ2v) is 6.95. The first kappa shape index (κ1) is 16.4. The number of aromatic nitrogens is 4. The van der Waals surface area contributed by atoms with Crippen molar-refractivity contribution in [1.82, 2.24) is 19.6 Å². The molecule has 7 heteroatoms. The number of carbonyl (C=O) groups is 1. The van der Waals surface area contributed by atoms with E-state index < -0.39 is 0 Å². The lowest BCUT2D eigenvalue weighted by molar-refractivity contribution is -0.117. The number of rotatable bonds is 4. The number of carbonyl (C=O) groups excluding carboxylic acids is 1. The highest BCUT2D eigenvalue weighted by Gasteiger charge is 2.22. The van der Waals surface area contributed by atoms with Crippen LogP contribution >= 0.6 is 11.8 Å². The third-order valence-corrected chi connectivity index (χ3v) is 4.64. The molecule has 6 nitrogen and oxygen atoms in total. The van der Waals surface area contributed by atoms with Gasteiger partial charge in [-0.3, -0.25) is 4.79 Å². The number of anilines is 1. The summed E-state index contributed by atoms with van der Waals surface area (Å²) >= 11 is 1.34. The topological polar surface area (TPSA) is 63.4 Å². The highest BCUT2D eigenvalue weighted by Crippen LogP contribution is 2.23. The lowest BCUT2D eigenvalue weighted by Crippen LogP contribution is -2.33. The summed E-state index contributed by atoms with van der Waals surface area (Å²) in [5, 5.41) is 4.70. The Labute approximate surface area is 144 Å². The second-order valence-electron chi connectivity index (χ2n) is 5.64. The maximum Gasteiger partial charge on any atom is 0.253 e. The Kier molecular flexibility index (Phi) is 4.53. The summed E-state index contributed by atoms with van der Waals surface area (Å²) in [6.07, 6.45) is 0. The zero-order chi connectivity index (χ0) is 17.3. The van der Waals surface area contributed by atoms with Gasteiger partial charge < -0.3 is 4.90 Å². The normalized spacial score (nSPS) is 12.3. The summed E-state index contributed by atoms with van der Waals surface area (Å²) in [4.78, 5) is 23.1. The zero-order valence-corrected chi connectivity index (χ0v) is 14.9. The third-order valence-electron chi connectivity index (χ3n) is 3.70. The fraction of sp³-hybridized carbons (Fsp3) is 0.294. The van der Waals surface area contributed by atoms with E-state index in [0.717, 1.165) is 17.1 Å². The van der Waals surface area contributed by atoms with E-state index >= 15 is 0 Å². The van der Waals surface area contributed by atoms with E-state index in [9.17, 15) is 4.79 Å². The van der Waals surface area contributed by atoms with Crippen LogP contribution in [0.4, 0.5) is 5.69 Å². The summed E-state index contributed by atoms with van der Waals surface area (Å²) in [7, 11) is 1.78. The molecule has 3 rings (SSSR count). The highest BCUT2D eigenvalue weighted by atomic mass is 32.2. The van der Waals surface area contributed by atoms with Gasteiger partial charge in [-0.15, -0.1) is 5.10 Å². The van der Waals surface area contributed by atoms with E-state index in [1.54, 1.807) is 16.5 Å². The molecule has 0 fully saturated rings. The van der Waals surface area contributed by atoms with Gasteiger partial charge in [-0.1, -0.05) is 30.0 Å². The van der Waals surface area contributed by atoms with E-state index in [-0.39, 0.29) is 11.2 Å². The molecule has 24 heavy (non-hydrogen) atoms. The molecule has 0 aliphatic rings. The molecule has 0 radical (unpaired) electrons. The van der Waals surface area contributed by atoms with Crippen molar-refractivity contribution in [3.05, 3.63) is 47.8 Å². The highest BCUT2D eigenvalue weighted by molar-refractivity contribution is 8.00. The molecule has 0 bridgehead atoms. The van der Waals surface area contributed by atoms with Gasteiger partial charge in [0.1, 0.15) is 0 Å². The van der Waals surface area contributed by atoms with Crippen molar-refractivity contribution in [2.24, 2.45) is 0 Å². The maximum absolute atomic E-state index is 12.6. The van der Waals surface area contributed by atoms with Crippen LogP contribution in [0.1, 0.15) is 18.3 Å². The molecule has 0 N–H and O–H groups in total. The predicted molar refractivity (Wildman–Crippen MR) is 95.4 cm³/mol. The van der Waals surface area contributed by atoms with Gasteiger partial charge in [-0.25, -0.2) is 9.50 Å². The van der Waals surface area contributed by atoms with Gasteiger partial charge in [0.15, 0.2) is 0 Å². The van der Waals surface area contributed by atoms with E-state index in [4.69, 9.17) is 0 Å². The first-order valence-electron chi connectivity index (χ1n) is 7.66. The van der Waals surface area contributed by atoms with Crippen LogP contribution < -0.4 is 4.90 Å². The summed E-state index contributed by atoms with van der Waals surface area (Å²) in [5.41, 5.74) is 2.74. The molecular weight excluding hydrogens is 322 g/mol. The molecular formula is C17H19N5OS. The van der Waals surface area contributed by atoms with Crippen LogP contribution in [0.2, 0.25) is 0 Å². The van der Waals surface area contributed by atoms with Crippen LogP contribution in [0.25, 0.3) is 5.78 Å². The Bertz CT molecular complexity index is 877. The van der Waals surface area contributed by atoms with Crippen molar-refractivity contribution in [3.63, 3.8) is 0 Å². The van der Waals surface area contributed by atoms with E-state index in [2.05, 4.69) is 15.1 Å². The number of aryl methyl sites for hydroxylation is 2. The number of hydrogen-bond donors (Lipinski definition) is 0. The zero-order valence-electron chi connectivity index (χ0n) is 14.1. The van der Waals surface area contributed by atoms with Gasteiger partial charge in [0.05, 0.1) is 5.25 Å². The summed E-state index contributed by atoms with van der Waals surface area (Å²) in [6.45, 7) is 5.75. The summed E-state index contributed by atoms with van der Waals surface area (Å²) in [6, 6.07) is 11.5. The van der Waals surface area contributed by atoms with Crippen molar-refractivity contribution >= 4 is 29.1 Å². The standard InChI is InChI=1S/C17H19N5OS/c1-11-10-12(2)22-16(18-11)19-17(20-22)24-13(3)15(23)21(4)14-8-6-5-7-9-14/h5-10,13H,1-4H3/t13-/m0/s1. The van der Waals surface area contributed by atoms with Crippen molar-refractivity contribution in [3.8, 4) is 0 Å². The molecule has 0 saturated carbocycles. The molecule has 1 atom stereocenters. The van der Waals surface area contributed by atoms with Crippen molar-refractivity contribution < 1.29 is 4.79 Å². The number of benzene rings is 1. The molecule has 1 amide bonds. The van der Waals surface area contributed by atoms with Crippen LogP contribution in [0.5, 0.6) is 0 Å². The van der Waals surface area contributed by atoms with Crippen LogP contribution in [-0.2, 0) is 4.79 Å². The van der Waals surface area contributed by atoms with E-state index in [1.165, 1.54) is 11.8 Å². The number of thioether (sulfide) groups is 1. The predicted octanol–water partition coefficient (Wildman–Crippen LogP) is 2.88. The molecule has 2 aromatic heterocycles. The van der Waals surface area contributed by atoms with Crippen molar-refractivity contribution in [2.75, 3.05) is 11.9 Å². The van der Waals surface area contributed by atoms with Crippen LogP contribution in [0.3, 0.4) is 0 Å². The maximum atomic E-state index is 12.6. The molecule has 0 saturated heterocycles. The first-order chi connectivity index (χ1) is 11.5. The van der Waals surface area contributed by atoms with Crippen LogP contribution in [-0.4, -0.2) is 37.8 Å². The monoisotopic (exact) mass is 341 g/mol. The SMILES string of the molecule is Cc1cc(C)n2nc(S[C@@H](C)C(=O)N(C)c3ccccc3)nc2n1. The lowest BCUT2D eigenvalue weighted by atomic mass is 10.3. The molecule has 124 valence electrons. The number of para-hydroxylation sites is 1. The number of fused-ring (bicyclic) bond motifs is 1. The van der Waals surface area contributed by atoms with Gasteiger partial charge in [0.25, 0.3) is 5.78 Å². The quantitative estimate of drug-likeness (QED) is 0.683. The van der Waals surface area contributed by atoms with Gasteiger partial charge in [0, 0.05) is 24.1 Å². The van der Waals surface area contributed by atoms with Gasteiger partial charge >= 0.3 is 0 Å². The Balaban J connectivity index is 1.78. The summed E-state index contributed by atoms with van der Waals surface area (Å²) < 4.78 is 1.70. The molecule has 1 aromatic carbocycles. The Hall–Kier alpha value is -2.41. The number of amides is 1. The van der Waals surface area contributed by atoms with Crippen molar-refractivity contribution in [2.45, 2.75) is 31.2 Å². The minimum Gasteiger partial charge on any atom is -0.315 e. The van der Waals surface area contributed by atoms with Gasteiger partial charge in [0.2, 0.25) is 11.1 Å². The average Bonchev–Trinajstić information content (AvgIpc) is 2.96. The molecule has 3 aromatic rings. The minimum atomic E-state index is -0.297. The number of hydrogen-bond acceptors (Lipinski definition) is 5. The van der Waals surface area contributed by atoms with E-state index in [1.807, 2.05) is 57.2 Å². The van der Waals surface area contributed by atoms with Crippen LogP contribution in [0, 0.1) is 13.8 Å². The molecule has 0 aliphatic heterocycles. The van der Waals surface area contributed by atoms with Crippen LogP contribution in [0.15, 0.2) is 41.6 Å². The third kappa shape index (κ3) is 3.26. The molecule has 2 heterocycles. The molecule has 0 spiro atoms. The number of nitrogens with zero attached hydrogens (tertiary/aromatic N) is 5. The van der Waals surface area contributed by atoms with Crippen molar-refractivity contribution in [1.29, 1.82) is 0 Å². The largest absolute Gasteiger partial charge is 0.315 e. The lowest BCUT2D eigenvalue weighted by Gasteiger charge is -2.20. The smallest absolute Gasteiger partial charge is 0.253 e. The summed E-state index contributed by atoms with van der Waals surface area (Å²) in [5.74, 6) is 0.567. The second kappa shape index (κ2) is 6.60. The Morgan fingerprint density at radius 2 is 1.92 bits per heavy atom. The fourth-order valence-corrected chi connectivity index (χ4v) is 3.30.